The third-order valence-corrected chi connectivity index (χ3v) is 3.06. The predicted molar refractivity (Wildman–Crippen MR) is 64.5 cm³/mol. The summed E-state index contributed by atoms with van der Waals surface area (Å²) in [6.07, 6.45) is 10.6. The predicted octanol–water partition coefficient (Wildman–Crippen LogP) is 1.84. The Morgan fingerprint density at radius 2 is 2.06 bits per heavy atom. The van der Waals surface area contributed by atoms with E-state index in [2.05, 4.69) is 19.9 Å². The Balaban J connectivity index is 1.92. The van der Waals surface area contributed by atoms with Crippen LogP contribution in [0.3, 0.4) is 0 Å². The lowest BCUT2D eigenvalue weighted by molar-refractivity contribution is 0.775. The molecule has 5 nitrogen and oxygen atoms in total. The molecule has 3 rings (SSSR count). The van der Waals surface area contributed by atoms with Crippen LogP contribution in [-0.4, -0.2) is 24.5 Å². The molecule has 0 aromatic carbocycles. The average Bonchev–Trinajstić information content (AvgIpc) is 3.00. The molecular formula is C11H9N5S. The van der Waals surface area contributed by atoms with Gasteiger partial charge in [-0.3, -0.25) is 9.97 Å². The Hall–Kier alpha value is -2.08. The van der Waals surface area contributed by atoms with Crippen LogP contribution >= 0.6 is 11.3 Å². The van der Waals surface area contributed by atoms with Gasteiger partial charge in [0, 0.05) is 36.4 Å². The van der Waals surface area contributed by atoms with Crippen LogP contribution in [-0.2, 0) is 6.54 Å². The first kappa shape index (κ1) is 10.1. The van der Waals surface area contributed by atoms with Crippen LogP contribution in [0.15, 0.2) is 42.6 Å². The second-order valence-electron chi connectivity index (χ2n) is 3.41. The van der Waals surface area contributed by atoms with E-state index in [9.17, 15) is 0 Å². The van der Waals surface area contributed by atoms with Gasteiger partial charge in [-0.25, -0.2) is 9.97 Å². The summed E-state index contributed by atoms with van der Waals surface area (Å²) in [6, 6.07) is 0. The lowest BCUT2D eigenvalue weighted by Gasteiger charge is -2.04. The number of thiazole rings is 1. The van der Waals surface area contributed by atoms with E-state index >= 15 is 0 Å². The minimum atomic E-state index is 0.656. The van der Waals surface area contributed by atoms with Crippen molar-refractivity contribution >= 4 is 11.3 Å². The van der Waals surface area contributed by atoms with Crippen molar-refractivity contribution in [3.63, 3.8) is 0 Å². The number of imidazole rings is 1. The molecule has 0 saturated heterocycles. The highest BCUT2D eigenvalue weighted by Crippen LogP contribution is 2.20. The van der Waals surface area contributed by atoms with Crippen LogP contribution in [0.1, 0.15) is 5.69 Å². The van der Waals surface area contributed by atoms with E-state index < -0.39 is 0 Å². The molecule has 0 bridgehead atoms. The van der Waals surface area contributed by atoms with Gasteiger partial charge in [0.1, 0.15) is 0 Å². The second-order valence-corrected chi connectivity index (χ2v) is 4.31. The van der Waals surface area contributed by atoms with Crippen LogP contribution < -0.4 is 0 Å². The summed E-state index contributed by atoms with van der Waals surface area (Å²) >= 11 is 1.57. The van der Waals surface area contributed by atoms with E-state index in [1.807, 2.05) is 16.1 Å². The lowest BCUT2D eigenvalue weighted by atomic mass is 10.4. The maximum Gasteiger partial charge on any atom is 0.169 e. The minimum absolute atomic E-state index is 0.656. The van der Waals surface area contributed by atoms with Crippen LogP contribution in [0.5, 0.6) is 0 Å². The van der Waals surface area contributed by atoms with E-state index in [4.69, 9.17) is 0 Å². The Labute approximate surface area is 102 Å². The molecule has 84 valence electrons. The van der Waals surface area contributed by atoms with E-state index in [0.717, 1.165) is 16.5 Å². The van der Waals surface area contributed by atoms with Crippen molar-refractivity contribution < 1.29 is 0 Å². The van der Waals surface area contributed by atoms with E-state index in [-0.39, 0.29) is 0 Å². The summed E-state index contributed by atoms with van der Waals surface area (Å²) in [7, 11) is 0. The first-order valence-corrected chi connectivity index (χ1v) is 5.97. The Morgan fingerprint density at radius 1 is 1.06 bits per heavy atom. The van der Waals surface area contributed by atoms with Crippen LogP contribution in [0, 0.1) is 0 Å². The van der Waals surface area contributed by atoms with E-state index in [1.165, 1.54) is 0 Å². The van der Waals surface area contributed by atoms with Crippen molar-refractivity contribution in [1.29, 1.82) is 0 Å². The number of nitrogens with zero attached hydrogens (tertiary/aromatic N) is 5. The molecule has 3 aromatic rings. The number of hydrogen-bond acceptors (Lipinski definition) is 5. The Kier molecular flexibility index (Phi) is 2.63. The average molecular weight is 243 g/mol. The molecule has 6 heteroatoms. The summed E-state index contributed by atoms with van der Waals surface area (Å²) in [5.74, 6) is 0.866. The summed E-state index contributed by atoms with van der Waals surface area (Å²) < 4.78 is 2.02. The summed E-state index contributed by atoms with van der Waals surface area (Å²) in [4.78, 5) is 16.9. The molecule has 0 unspecified atom stereocenters. The molecule has 0 amide bonds. The Morgan fingerprint density at radius 3 is 2.82 bits per heavy atom. The van der Waals surface area contributed by atoms with Gasteiger partial charge in [0.25, 0.3) is 0 Å². The van der Waals surface area contributed by atoms with Crippen LogP contribution in [0.4, 0.5) is 0 Å². The second kappa shape index (κ2) is 4.42. The van der Waals surface area contributed by atoms with Gasteiger partial charge in [0.15, 0.2) is 10.8 Å². The molecule has 0 radical (unpaired) electrons. The molecular weight excluding hydrogens is 234 g/mol. The number of rotatable bonds is 3. The zero-order chi connectivity index (χ0) is 11.5. The van der Waals surface area contributed by atoms with Gasteiger partial charge in [0.05, 0.1) is 18.4 Å². The molecule has 0 N–H and O–H groups in total. The maximum atomic E-state index is 4.32. The molecule has 0 spiro atoms. The van der Waals surface area contributed by atoms with Gasteiger partial charge in [-0.05, 0) is 0 Å². The van der Waals surface area contributed by atoms with Crippen molar-refractivity contribution in [3.8, 4) is 10.8 Å². The highest BCUT2D eigenvalue weighted by molar-refractivity contribution is 7.13. The number of aromatic nitrogens is 5. The number of hydrogen-bond donors (Lipinski definition) is 0. The molecule has 0 aliphatic carbocycles. The van der Waals surface area contributed by atoms with Gasteiger partial charge in [0.2, 0.25) is 0 Å². The van der Waals surface area contributed by atoms with Crippen molar-refractivity contribution in [1.82, 2.24) is 24.5 Å². The molecule has 0 aliphatic rings. The van der Waals surface area contributed by atoms with Crippen molar-refractivity contribution in [2.45, 2.75) is 6.54 Å². The Bertz CT molecular complexity index is 587. The summed E-state index contributed by atoms with van der Waals surface area (Å²) in [5.41, 5.74) is 0.906. The fourth-order valence-electron chi connectivity index (χ4n) is 1.55. The first-order valence-electron chi connectivity index (χ1n) is 5.09. The maximum absolute atomic E-state index is 4.32. The molecule has 3 aromatic heterocycles. The van der Waals surface area contributed by atoms with Gasteiger partial charge in [-0.2, -0.15) is 0 Å². The summed E-state index contributed by atoms with van der Waals surface area (Å²) in [5, 5.41) is 2.86. The summed E-state index contributed by atoms with van der Waals surface area (Å²) in [6.45, 7) is 0.656. The van der Waals surface area contributed by atoms with E-state index in [0.29, 0.717) is 6.54 Å². The fraction of sp³-hybridized carbons (Fsp3) is 0.0909. The molecule has 0 fully saturated rings. The normalized spacial score (nSPS) is 10.6. The largest absolute Gasteiger partial charge is 0.323 e. The van der Waals surface area contributed by atoms with Gasteiger partial charge in [-0.1, -0.05) is 0 Å². The van der Waals surface area contributed by atoms with Gasteiger partial charge in [-0.15, -0.1) is 11.3 Å². The highest BCUT2D eigenvalue weighted by atomic mass is 32.1. The molecule has 0 aliphatic heterocycles. The fourth-order valence-corrected chi connectivity index (χ4v) is 2.20. The molecule has 0 saturated carbocycles. The van der Waals surface area contributed by atoms with Gasteiger partial charge >= 0.3 is 0 Å². The quantitative estimate of drug-likeness (QED) is 0.704. The van der Waals surface area contributed by atoms with Crippen molar-refractivity contribution in [2.75, 3.05) is 0 Å². The van der Waals surface area contributed by atoms with Crippen molar-refractivity contribution in [2.24, 2.45) is 0 Å². The molecule has 17 heavy (non-hydrogen) atoms. The third kappa shape index (κ3) is 2.07. The zero-order valence-corrected chi connectivity index (χ0v) is 9.71. The monoisotopic (exact) mass is 243 g/mol. The van der Waals surface area contributed by atoms with Crippen LogP contribution in [0.2, 0.25) is 0 Å². The smallest absolute Gasteiger partial charge is 0.169 e. The highest BCUT2D eigenvalue weighted by Gasteiger charge is 2.08. The topological polar surface area (TPSA) is 56.5 Å². The van der Waals surface area contributed by atoms with E-state index in [1.54, 1.807) is 42.3 Å². The first-order chi connectivity index (χ1) is 8.43. The zero-order valence-electron chi connectivity index (χ0n) is 8.89. The minimum Gasteiger partial charge on any atom is -0.323 e. The van der Waals surface area contributed by atoms with Gasteiger partial charge < -0.3 is 4.57 Å². The SMILES string of the molecule is c1cnc(Cn2ccnc2-c2nccs2)cn1. The van der Waals surface area contributed by atoms with Crippen molar-refractivity contribution in [3.05, 3.63) is 48.3 Å². The molecule has 0 atom stereocenters. The third-order valence-electron chi connectivity index (χ3n) is 2.29. The lowest BCUT2D eigenvalue weighted by Crippen LogP contribution is -2.02. The van der Waals surface area contributed by atoms with Crippen LogP contribution in [0.25, 0.3) is 10.8 Å². The molecule has 3 heterocycles. The standard InChI is InChI=1S/C11H9N5S/c1-2-13-9(7-12-1)8-16-5-3-14-10(16)11-15-4-6-17-11/h1-7H,8H2.